The normalized spacial score (nSPS) is 10.8. The highest BCUT2D eigenvalue weighted by Gasteiger charge is 2.22. The highest BCUT2D eigenvalue weighted by Crippen LogP contribution is 2.40. The van der Waals surface area contributed by atoms with Crippen molar-refractivity contribution in [1.82, 2.24) is 0 Å². The Bertz CT molecular complexity index is 3180. The van der Waals surface area contributed by atoms with Crippen LogP contribution in [0.1, 0.15) is 91.5 Å². The molecule has 6 aromatic rings. The van der Waals surface area contributed by atoms with Gasteiger partial charge in [-0.1, -0.05) is 38.4 Å². The van der Waals surface area contributed by atoms with E-state index in [1.165, 1.54) is 31.3 Å². The smallest absolute Gasteiger partial charge is 0.343 e. The van der Waals surface area contributed by atoms with E-state index in [0.717, 1.165) is 74.3 Å². The van der Waals surface area contributed by atoms with Gasteiger partial charge in [-0.3, -0.25) is 5.43 Å². The Morgan fingerprint density at radius 1 is 0.494 bits per heavy atom. The number of esters is 6. The van der Waals surface area contributed by atoms with Gasteiger partial charge in [0.05, 0.1) is 49.5 Å². The summed E-state index contributed by atoms with van der Waals surface area (Å²) in [5.41, 5.74) is 4.59. The van der Waals surface area contributed by atoms with Crippen molar-refractivity contribution in [3.63, 3.8) is 0 Å². The van der Waals surface area contributed by atoms with Gasteiger partial charge >= 0.3 is 35.8 Å². The summed E-state index contributed by atoms with van der Waals surface area (Å²) < 4.78 is 45.1. The van der Waals surface area contributed by atoms with E-state index in [0.29, 0.717) is 54.7 Å². The Labute approximate surface area is 446 Å². The van der Waals surface area contributed by atoms with E-state index in [4.69, 9.17) is 37.9 Å². The highest BCUT2D eigenvalue weighted by molar-refractivity contribution is 6.06. The van der Waals surface area contributed by atoms with E-state index >= 15 is 0 Å². The predicted octanol–water partition coefficient (Wildman–Crippen LogP) is 12.2. The number of carbonyl (C=O) groups is 6. The predicted molar refractivity (Wildman–Crippen MR) is 293 cm³/mol. The molecule has 0 aliphatic rings. The molecule has 77 heavy (non-hydrogen) atoms. The minimum Gasteiger partial charge on any atom is -0.494 e. The highest BCUT2D eigenvalue weighted by atomic mass is 16.6. The minimum atomic E-state index is -0.747. The van der Waals surface area contributed by atoms with Crippen LogP contribution in [0.2, 0.25) is 0 Å². The summed E-state index contributed by atoms with van der Waals surface area (Å²) in [6.07, 6.45) is 10.1. The van der Waals surface area contributed by atoms with Gasteiger partial charge in [0.15, 0.2) is 0 Å². The van der Waals surface area contributed by atoms with Gasteiger partial charge in [0.1, 0.15) is 34.5 Å². The van der Waals surface area contributed by atoms with Crippen LogP contribution in [0.5, 0.6) is 34.5 Å². The lowest BCUT2D eigenvalue weighted by atomic mass is 10.0. The van der Waals surface area contributed by atoms with Crippen molar-refractivity contribution in [2.24, 2.45) is 5.10 Å². The molecule has 0 unspecified atom stereocenters. The number of benzene rings is 6. The molecule has 0 saturated heterocycles. The summed E-state index contributed by atoms with van der Waals surface area (Å²) in [5.74, 6) is -1.97. The average Bonchev–Trinajstić information content (AvgIpc) is 3.43. The van der Waals surface area contributed by atoms with E-state index in [2.05, 4.69) is 36.8 Å². The molecule has 16 heteroatoms. The number of hydrazone groups is 1. The SMILES string of the molecule is C=CC(=O)OCCCCCCOc1ccc(C(=O)Oc2cc(/C=N/Nc3ccc4cc(OC(=O)C(=C)C)ccc4c3)c(OC(=O)c3ccc(OCCCCCCOC(=O)C=C)cc3)c3cc(OC(=O)C(=C)C)ccc23)cc1. The lowest BCUT2D eigenvalue weighted by Gasteiger charge is -2.16. The molecule has 6 aromatic carbocycles. The average molecular weight is 1050 g/mol. The zero-order valence-electron chi connectivity index (χ0n) is 43.1. The van der Waals surface area contributed by atoms with Crippen LogP contribution < -0.4 is 33.8 Å². The van der Waals surface area contributed by atoms with Gasteiger partial charge in [0, 0.05) is 39.6 Å². The number of hydrogen-bond acceptors (Lipinski definition) is 16. The molecular formula is C61H60N2O14. The van der Waals surface area contributed by atoms with E-state index in [-0.39, 0.29) is 50.5 Å². The number of anilines is 1. The first kappa shape index (κ1) is 57.0. The van der Waals surface area contributed by atoms with E-state index in [1.807, 2.05) is 12.1 Å². The zero-order valence-corrected chi connectivity index (χ0v) is 43.1. The number of unbranched alkanes of at least 4 members (excludes halogenated alkanes) is 6. The largest absolute Gasteiger partial charge is 0.494 e. The van der Waals surface area contributed by atoms with Gasteiger partial charge in [0.25, 0.3) is 0 Å². The van der Waals surface area contributed by atoms with Crippen LogP contribution in [0.4, 0.5) is 5.69 Å². The number of hydrogen-bond donors (Lipinski definition) is 1. The molecule has 6 rings (SSSR count). The summed E-state index contributed by atoms with van der Waals surface area (Å²) in [5, 5.41) is 6.65. The molecule has 0 saturated carbocycles. The van der Waals surface area contributed by atoms with Crippen LogP contribution >= 0.6 is 0 Å². The molecule has 0 aliphatic heterocycles. The first-order chi connectivity index (χ1) is 37.2. The molecule has 398 valence electrons. The van der Waals surface area contributed by atoms with Gasteiger partial charge in [0.2, 0.25) is 0 Å². The maximum Gasteiger partial charge on any atom is 0.343 e. The molecule has 0 spiro atoms. The van der Waals surface area contributed by atoms with Crippen molar-refractivity contribution in [3.05, 3.63) is 175 Å². The molecule has 0 bridgehead atoms. The molecule has 16 nitrogen and oxygen atoms in total. The molecular weight excluding hydrogens is 985 g/mol. The molecule has 0 amide bonds. The van der Waals surface area contributed by atoms with Crippen LogP contribution in [0.25, 0.3) is 21.5 Å². The second-order valence-corrected chi connectivity index (χ2v) is 17.5. The Balaban J connectivity index is 1.25. The van der Waals surface area contributed by atoms with Crippen molar-refractivity contribution in [2.45, 2.75) is 65.2 Å². The molecule has 0 aromatic heterocycles. The van der Waals surface area contributed by atoms with Gasteiger partial charge in [-0.15, -0.1) is 0 Å². The van der Waals surface area contributed by atoms with E-state index in [1.54, 1.807) is 85.8 Å². The molecule has 0 fully saturated rings. The number of nitrogens with zero attached hydrogens (tertiary/aromatic N) is 1. The number of rotatable bonds is 29. The van der Waals surface area contributed by atoms with Crippen molar-refractivity contribution in [2.75, 3.05) is 31.9 Å². The van der Waals surface area contributed by atoms with E-state index in [9.17, 15) is 28.8 Å². The molecule has 1 N–H and O–H groups in total. The van der Waals surface area contributed by atoms with Crippen molar-refractivity contribution >= 4 is 69.3 Å². The van der Waals surface area contributed by atoms with Gasteiger partial charge in [-0.25, -0.2) is 28.8 Å². The Hall–Kier alpha value is -9.31. The summed E-state index contributed by atoms with van der Waals surface area (Å²) in [6.45, 7) is 18.7. The first-order valence-corrected chi connectivity index (χ1v) is 24.9. The van der Waals surface area contributed by atoms with Crippen molar-refractivity contribution in [3.8, 4) is 34.5 Å². The van der Waals surface area contributed by atoms with Gasteiger partial charge in [-0.05, 0) is 173 Å². The van der Waals surface area contributed by atoms with Crippen LogP contribution in [0, 0.1) is 0 Å². The molecule has 0 radical (unpaired) electrons. The van der Waals surface area contributed by atoms with Crippen LogP contribution in [0.3, 0.4) is 0 Å². The van der Waals surface area contributed by atoms with Crippen molar-refractivity contribution < 1.29 is 66.7 Å². The third kappa shape index (κ3) is 17.7. The van der Waals surface area contributed by atoms with Gasteiger partial charge in [-0.2, -0.15) is 5.10 Å². The molecule has 0 heterocycles. The lowest BCUT2D eigenvalue weighted by molar-refractivity contribution is -0.138. The van der Waals surface area contributed by atoms with Crippen LogP contribution in [-0.2, 0) is 28.7 Å². The summed E-state index contributed by atoms with van der Waals surface area (Å²) in [4.78, 5) is 75.4. The monoisotopic (exact) mass is 1040 g/mol. The Morgan fingerprint density at radius 2 is 0.961 bits per heavy atom. The quantitative estimate of drug-likeness (QED) is 0.0116. The number of nitrogens with one attached hydrogen (secondary N) is 1. The maximum absolute atomic E-state index is 14.1. The third-order valence-electron chi connectivity index (χ3n) is 11.4. The maximum atomic E-state index is 14.1. The van der Waals surface area contributed by atoms with Crippen LogP contribution in [0.15, 0.2) is 164 Å². The summed E-state index contributed by atoms with van der Waals surface area (Å²) >= 11 is 0. The molecule has 0 aliphatic carbocycles. The first-order valence-electron chi connectivity index (χ1n) is 24.9. The summed E-state index contributed by atoms with van der Waals surface area (Å²) in [6, 6.07) is 29.6. The number of ether oxygens (including phenoxy) is 8. The van der Waals surface area contributed by atoms with Crippen LogP contribution in [-0.4, -0.2) is 68.5 Å². The number of carbonyl (C=O) groups excluding carboxylic acids is 6. The fraction of sp³-hybridized carbons (Fsp3) is 0.230. The molecule has 0 atom stereocenters. The van der Waals surface area contributed by atoms with E-state index < -0.39 is 35.8 Å². The summed E-state index contributed by atoms with van der Waals surface area (Å²) in [7, 11) is 0. The second-order valence-electron chi connectivity index (χ2n) is 17.5. The lowest BCUT2D eigenvalue weighted by Crippen LogP contribution is -2.13. The Kier molecular flexibility index (Phi) is 21.4. The second kappa shape index (κ2) is 29.0. The topological polar surface area (TPSA) is 201 Å². The minimum absolute atomic E-state index is 0.00358. The third-order valence-corrected chi connectivity index (χ3v) is 11.4. The standard InChI is InChI=1S/C61H60N2O14/c1-7-55(64)72-33-15-11-9-13-31-70-48-24-18-42(19-25-48)60(68)76-54-37-46(39-62-63-47-23-17-45-36-50(28-22-44(45)35-47)74-58(66)40(3)4)57(53-38-51(29-30-52(53)54)75-59(67)41(5)6)77-61(69)43-20-26-49(27-21-43)71-32-14-10-12-16-34-73-56(65)8-2/h7-8,17-30,35-39,63H,1-3,5,9-16,31-34H2,4,6H3/b62-39+. The van der Waals surface area contributed by atoms with Gasteiger partial charge < -0.3 is 37.9 Å². The number of fused-ring (bicyclic) bond motifs is 2. The Morgan fingerprint density at radius 3 is 1.49 bits per heavy atom. The zero-order chi connectivity index (χ0) is 55.1. The fourth-order valence-corrected chi connectivity index (χ4v) is 7.29. The fourth-order valence-electron chi connectivity index (χ4n) is 7.29. The van der Waals surface area contributed by atoms with Crippen molar-refractivity contribution in [1.29, 1.82) is 0 Å².